The first kappa shape index (κ1) is 12.3. The maximum Gasteiger partial charge on any atom is 0.234 e. The summed E-state index contributed by atoms with van der Waals surface area (Å²) in [6, 6.07) is 5.66. The number of halogens is 1. The molecule has 1 fully saturated rings. The Kier molecular flexibility index (Phi) is 3.33. The Balaban J connectivity index is 2.41. The molecule has 3 nitrogen and oxygen atoms in total. The van der Waals surface area contributed by atoms with Gasteiger partial charge in [0.15, 0.2) is 0 Å². The van der Waals surface area contributed by atoms with Crippen LogP contribution in [0.3, 0.4) is 0 Å². The van der Waals surface area contributed by atoms with Crippen molar-refractivity contribution in [3.63, 3.8) is 0 Å². The van der Waals surface area contributed by atoms with Crippen molar-refractivity contribution < 1.29 is 9.59 Å². The Morgan fingerprint density at radius 3 is 2.41 bits per heavy atom. The second-order valence-electron chi connectivity index (χ2n) is 4.59. The summed E-state index contributed by atoms with van der Waals surface area (Å²) in [4.78, 5) is 25.2. The molecule has 90 valence electrons. The average molecular weight is 296 g/mol. The lowest BCUT2D eigenvalue weighted by atomic mass is 9.97. The van der Waals surface area contributed by atoms with Gasteiger partial charge in [-0.25, -0.2) is 4.90 Å². The third-order valence-electron chi connectivity index (χ3n) is 2.89. The van der Waals surface area contributed by atoms with E-state index in [1.54, 1.807) is 0 Å². The maximum absolute atomic E-state index is 12.0. The smallest absolute Gasteiger partial charge is 0.234 e. The number of amides is 2. The minimum absolute atomic E-state index is 0.111. The zero-order valence-electron chi connectivity index (χ0n) is 9.87. The number of hydrogen-bond acceptors (Lipinski definition) is 2. The largest absolute Gasteiger partial charge is 0.274 e. The van der Waals surface area contributed by atoms with E-state index in [0.29, 0.717) is 18.5 Å². The highest BCUT2D eigenvalue weighted by molar-refractivity contribution is 9.10. The van der Waals surface area contributed by atoms with Crippen LogP contribution < -0.4 is 4.90 Å². The van der Waals surface area contributed by atoms with E-state index in [4.69, 9.17) is 0 Å². The van der Waals surface area contributed by atoms with Gasteiger partial charge in [-0.15, -0.1) is 0 Å². The van der Waals surface area contributed by atoms with Gasteiger partial charge in [-0.3, -0.25) is 9.59 Å². The van der Waals surface area contributed by atoms with Crippen molar-refractivity contribution >= 4 is 33.4 Å². The predicted molar refractivity (Wildman–Crippen MR) is 69.8 cm³/mol. The van der Waals surface area contributed by atoms with Crippen LogP contribution in [-0.4, -0.2) is 11.8 Å². The predicted octanol–water partition coefficient (Wildman–Crippen LogP) is 3.05. The Morgan fingerprint density at radius 1 is 1.24 bits per heavy atom. The van der Waals surface area contributed by atoms with E-state index in [1.807, 2.05) is 32.0 Å². The number of piperidine rings is 1. The fourth-order valence-corrected chi connectivity index (χ4v) is 2.48. The highest BCUT2D eigenvalue weighted by Gasteiger charge is 2.32. The molecule has 0 spiro atoms. The maximum atomic E-state index is 12.0. The van der Waals surface area contributed by atoms with Crippen LogP contribution in [0.1, 0.15) is 25.3 Å². The lowest BCUT2D eigenvalue weighted by Gasteiger charge is -2.29. The van der Waals surface area contributed by atoms with Crippen molar-refractivity contribution in [2.45, 2.75) is 26.7 Å². The molecule has 1 heterocycles. The SMILES string of the molecule is Cc1ccc(Br)c(N2C(=O)CC(C)CC2=O)c1. The number of benzene rings is 1. The molecule has 1 aromatic carbocycles. The van der Waals surface area contributed by atoms with Gasteiger partial charge in [0.05, 0.1) is 5.69 Å². The fraction of sp³-hybridized carbons (Fsp3) is 0.385. The summed E-state index contributed by atoms with van der Waals surface area (Å²) in [5.41, 5.74) is 1.69. The fourth-order valence-electron chi connectivity index (χ4n) is 2.05. The van der Waals surface area contributed by atoms with E-state index in [1.165, 1.54) is 4.90 Å². The molecule has 1 aliphatic heterocycles. The molecule has 2 amide bonds. The van der Waals surface area contributed by atoms with E-state index in [0.717, 1.165) is 10.0 Å². The first-order chi connectivity index (χ1) is 7.99. The molecular weight excluding hydrogens is 282 g/mol. The average Bonchev–Trinajstić information content (AvgIpc) is 2.21. The molecule has 17 heavy (non-hydrogen) atoms. The van der Waals surface area contributed by atoms with Crippen LogP contribution in [0.5, 0.6) is 0 Å². The molecule has 0 atom stereocenters. The normalized spacial score (nSPS) is 17.7. The van der Waals surface area contributed by atoms with Crippen LogP contribution in [0, 0.1) is 12.8 Å². The number of anilines is 1. The lowest BCUT2D eigenvalue weighted by molar-refractivity contribution is -0.130. The number of hydrogen-bond donors (Lipinski definition) is 0. The molecule has 1 aromatic rings. The number of rotatable bonds is 1. The van der Waals surface area contributed by atoms with E-state index in [-0.39, 0.29) is 17.7 Å². The first-order valence-corrected chi connectivity index (χ1v) is 6.40. The van der Waals surface area contributed by atoms with Gasteiger partial charge in [-0.05, 0) is 46.5 Å². The van der Waals surface area contributed by atoms with E-state index < -0.39 is 0 Å². The van der Waals surface area contributed by atoms with E-state index in [9.17, 15) is 9.59 Å². The van der Waals surface area contributed by atoms with Crippen LogP contribution in [0.25, 0.3) is 0 Å². The number of carbonyl (C=O) groups excluding carboxylic acids is 2. The summed E-state index contributed by atoms with van der Waals surface area (Å²) < 4.78 is 0.777. The molecule has 0 aromatic heterocycles. The Hall–Kier alpha value is -1.16. The minimum Gasteiger partial charge on any atom is -0.274 e. The van der Waals surface area contributed by atoms with Gasteiger partial charge in [-0.1, -0.05) is 13.0 Å². The van der Waals surface area contributed by atoms with Crippen molar-refractivity contribution in [2.75, 3.05) is 4.90 Å². The van der Waals surface area contributed by atoms with Gasteiger partial charge in [0.1, 0.15) is 0 Å². The molecule has 0 aliphatic carbocycles. The second-order valence-corrected chi connectivity index (χ2v) is 5.45. The summed E-state index contributed by atoms with van der Waals surface area (Å²) in [7, 11) is 0. The zero-order chi connectivity index (χ0) is 12.6. The van der Waals surface area contributed by atoms with Crippen molar-refractivity contribution in [3.8, 4) is 0 Å². The molecule has 0 N–H and O–H groups in total. The highest BCUT2D eigenvalue weighted by atomic mass is 79.9. The van der Waals surface area contributed by atoms with Gasteiger partial charge in [0.2, 0.25) is 11.8 Å². The number of imide groups is 1. The van der Waals surface area contributed by atoms with Crippen molar-refractivity contribution in [1.29, 1.82) is 0 Å². The Labute approximate surface area is 109 Å². The van der Waals surface area contributed by atoms with Gasteiger partial charge in [0.25, 0.3) is 0 Å². The van der Waals surface area contributed by atoms with Crippen LogP contribution in [0.4, 0.5) is 5.69 Å². The third-order valence-corrected chi connectivity index (χ3v) is 3.56. The monoisotopic (exact) mass is 295 g/mol. The van der Waals surface area contributed by atoms with E-state index >= 15 is 0 Å². The summed E-state index contributed by atoms with van der Waals surface area (Å²) in [5.74, 6) is -0.0741. The third kappa shape index (κ3) is 2.41. The van der Waals surface area contributed by atoms with Gasteiger partial charge in [-0.2, -0.15) is 0 Å². The molecule has 0 bridgehead atoms. The quantitative estimate of drug-likeness (QED) is 0.747. The highest BCUT2D eigenvalue weighted by Crippen LogP contribution is 2.31. The van der Waals surface area contributed by atoms with Crippen LogP contribution in [-0.2, 0) is 9.59 Å². The molecule has 2 rings (SSSR count). The second kappa shape index (κ2) is 4.61. The van der Waals surface area contributed by atoms with Gasteiger partial charge < -0.3 is 0 Å². The molecular formula is C13H14BrNO2. The summed E-state index contributed by atoms with van der Waals surface area (Å²) in [6.07, 6.45) is 0.873. The number of carbonyl (C=O) groups is 2. The van der Waals surface area contributed by atoms with Crippen LogP contribution in [0.15, 0.2) is 22.7 Å². The van der Waals surface area contributed by atoms with Crippen molar-refractivity contribution in [3.05, 3.63) is 28.2 Å². The lowest BCUT2D eigenvalue weighted by Crippen LogP contribution is -2.43. The summed E-state index contributed by atoms with van der Waals surface area (Å²) in [6.45, 7) is 3.87. The number of aryl methyl sites for hydroxylation is 1. The van der Waals surface area contributed by atoms with Crippen LogP contribution in [0.2, 0.25) is 0 Å². The van der Waals surface area contributed by atoms with E-state index in [2.05, 4.69) is 15.9 Å². The molecule has 0 saturated carbocycles. The minimum atomic E-state index is -0.111. The molecule has 1 aliphatic rings. The Morgan fingerprint density at radius 2 is 1.82 bits per heavy atom. The topological polar surface area (TPSA) is 37.4 Å². The van der Waals surface area contributed by atoms with Crippen molar-refractivity contribution in [2.24, 2.45) is 5.92 Å². The Bertz CT molecular complexity index is 466. The summed E-state index contributed by atoms with van der Waals surface area (Å²) in [5, 5.41) is 0. The van der Waals surface area contributed by atoms with Gasteiger partial charge in [0, 0.05) is 17.3 Å². The van der Waals surface area contributed by atoms with Crippen molar-refractivity contribution in [1.82, 2.24) is 0 Å². The molecule has 0 radical (unpaired) electrons. The van der Waals surface area contributed by atoms with Crippen LogP contribution >= 0.6 is 15.9 Å². The molecule has 4 heteroatoms. The first-order valence-electron chi connectivity index (χ1n) is 5.61. The number of nitrogens with zero attached hydrogens (tertiary/aromatic N) is 1. The zero-order valence-corrected chi connectivity index (χ0v) is 11.5. The summed E-state index contributed by atoms with van der Waals surface area (Å²) >= 11 is 3.39. The molecule has 1 saturated heterocycles. The van der Waals surface area contributed by atoms with Gasteiger partial charge >= 0.3 is 0 Å². The standard InChI is InChI=1S/C13H14BrNO2/c1-8-3-4-10(14)11(5-8)15-12(16)6-9(2)7-13(15)17/h3-5,9H,6-7H2,1-2H3. The molecule has 0 unspecified atom stereocenters.